The summed E-state index contributed by atoms with van der Waals surface area (Å²) in [5, 5.41) is 8.38. The maximum absolute atomic E-state index is 13.3. The van der Waals surface area contributed by atoms with Crippen molar-refractivity contribution >= 4 is 12.0 Å². The molecule has 3 nitrogen and oxygen atoms in total. The zero-order valence-corrected chi connectivity index (χ0v) is 8.24. The molecule has 0 fully saturated rings. The van der Waals surface area contributed by atoms with Crippen molar-refractivity contribution in [3.63, 3.8) is 0 Å². The molecule has 0 aromatic heterocycles. The van der Waals surface area contributed by atoms with E-state index < -0.39 is 11.8 Å². The van der Waals surface area contributed by atoms with E-state index in [2.05, 4.69) is 0 Å². The predicted octanol–water partition coefficient (Wildman–Crippen LogP) is 2.07. The van der Waals surface area contributed by atoms with Crippen molar-refractivity contribution in [1.82, 2.24) is 0 Å². The molecule has 80 valence electrons. The number of aliphatic carboxylic acids is 1. The third kappa shape index (κ3) is 3.52. The molecule has 1 aromatic carbocycles. The fourth-order valence-electron chi connectivity index (χ4n) is 1.11. The first-order valence-electron chi connectivity index (χ1n) is 4.32. The molecule has 0 saturated heterocycles. The second-order valence-corrected chi connectivity index (χ2v) is 2.96. The lowest BCUT2D eigenvalue weighted by atomic mass is 10.1. The van der Waals surface area contributed by atoms with Gasteiger partial charge in [0.15, 0.2) is 0 Å². The highest BCUT2D eigenvalue weighted by Crippen LogP contribution is 2.12. The van der Waals surface area contributed by atoms with Crippen molar-refractivity contribution in [3.05, 3.63) is 41.2 Å². The van der Waals surface area contributed by atoms with E-state index in [-0.39, 0.29) is 6.61 Å². The van der Waals surface area contributed by atoms with E-state index in [0.717, 1.165) is 6.08 Å². The molecule has 0 heterocycles. The van der Waals surface area contributed by atoms with Crippen molar-refractivity contribution < 1.29 is 19.0 Å². The van der Waals surface area contributed by atoms with Crippen molar-refractivity contribution in [2.45, 2.75) is 6.61 Å². The minimum atomic E-state index is -1.06. The number of carbonyl (C=O) groups is 1. The molecule has 0 aliphatic rings. The van der Waals surface area contributed by atoms with Crippen LogP contribution in [-0.4, -0.2) is 18.2 Å². The first-order valence-corrected chi connectivity index (χ1v) is 4.32. The minimum absolute atomic E-state index is 0.203. The predicted molar refractivity (Wildman–Crippen MR) is 53.8 cm³/mol. The highest BCUT2D eigenvalue weighted by molar-refractivity contribution is 5.85. The van der Waals surface area contributed by atoms with Gasteiger partial charge in [0.1, 0.15) is 5.82 Å². The number of carboxylic acid groups (broad SMARTS) is 1. The van der Waals surface area contributed by atoms with Crippen molar-refractivity contribution in [3.8, 4) is 0 Å². The molecule has 0 atom stereocenters. The van der Waals surface area contributed by atoms with Crippen LogP contribution in [0.25, 0.3) is 6.08 Å². The summed E-state index contributed by atoms with van der Waals surface area (Å²) < 4.78 is 18.1. The number of halogens is 1. The Balaban J connectivity index is 2.86. The van der Waals surface area contributed by atoms with Gasteiger partial charge in [-0.25, -0.2) is 9.18 Å². The van der Waals surface area contributed by atoms with Crippen molar-refractivity contribution in [1.29, 1.82) is 0 Å². The Bertz CT molecular complexity index is 385. The van der Waals surface area contributed by atoms with Crippen LogP contribution in [0.1, 0.15) is 11.1 Å². The Hall–Kier alpha value is -1.68. The summed E-state index contributed by atoms with van der Waals surface area (Å²) in [7, 11) is 1.48. The normalized spacial score (nSPS) is 10.8. The molecule has 1 rings (SSSR count). The molecule has 1 aromatic rings. The first-order chi connectivity index (χ1) is 7.13. The van der Waals surface area contributed by atoms with Crippen molar-refractivity contribution in [2.24, 2.45) is 0 Å². The topological polar surface area (TPSA) is 46.5 Å². The van der Waals surface area contributed by atoms with Gasteiger partial charge in [0.25, 0.3) is 0 Å². The Morgan fingerprint density at radius 3 is 2.87 bits per heavy atom. The van der Waals surface area contributed by atoms with E-state index in [9.17, 15) is 9.18 Å². The fraction of sp³-hybridized carbons (Fsp3) is 0.182. The molecule has 0 amide bonds. The summed E-state index contributed by atoms with van der Waals surface area (Å²) >= 11 is 0. The van der Waals surface area contributed by atoms with Crippen LogP contribution in [-0.2, 0) is 16.1 Å². The number of ether oxygens (including phenoxy) is 1. The molecule has 0 aliphatic carbocycles. The van der Waals surface area contributed by atoms with Crippen LogP contribution < -0.4 is 0 Å². The van der Waals surface area contributed by atoms with Crippen LogP contribution in [0.4, 0.5) is 4.39 Å². The summed E-state index contributed by atoms with van der Waals surface area (Å²) in [6.07, 6.45) is 2.30. The number of carboxylic acids is 1. The molecule has 0 aliphatic heterocycles. The van der Waals surface area contributed by atoms with Gasteiger partial charge in [-0.1, -0.05) is 12.1 Å². The Kier molecular flexibility index (Phi) is 4.00. The molecule has 1 N–H and O–H groups in total. The second-order valence-electron chi connectivity index (χ2n) is 2.96. The molecule has 0 unspecified atom stereocenters. The zero-order chi connectivity index (χ0) is 11.3. The smallest absolute Gasteiger partial charge is 0.328 e. The molecular formula is C11H11FO3. The van der Waals surface area contributed by atoms with Gasteiger partial charge in [-0.05, 0) is 17.7 Å². The van der Waals surface area contributed by atoms with Crippen LogP contribution in [0.3, 0.4) is 0 Å². The van der Waals surface area contributed by atoms with Crippen LogP contribution in [0, 0.1) is 5.82 Å². The summed E-state index contributed by atoms with van der Waals surface area (Å²) in [5.74, 6) is -1.46. The first kappa shape index (κ1) is 11.4. The van der Waals surface area contributed by atoms with Gasteiger partial charge in [-0.15, -0.1) is 0 Å². The van der Waals surface area contributed by atoms with Crippen LogP contribution >= 0.6 is 0 Å². The number of hydrogen-bond donors (Lipinski definition) is 1. The monoisotopic (exact) mass is 210 g/mol. The van der Waals surface area contributed by atoms with Gasteiger partial charge in [0.2, 0.25) is 0 Å². The quantitative estimate of drug-likeness (QED) is 0.774. The molecule has 0 bridgehead atoms. The standard InChI is InChI=1S/C11H11FO3/c1-15-7-9-4-2-8(6-10(9)12)3-5-11(13)14/h2-6H,7H2,1H3,(H,13,14)/b5-3+. The van der Waals surface area contributed by atoms with Gasteiger partial charge < -0.3 is 9.84 Å². The van der Waals surface area contributed by atoms with Gasteiger partial charge >= 0.3 is 5.97 Å². The van der Waals surface area contributed by atoms with Gasteiger partial charge in [-0.2, -0.15) is 0 Å². The Labute approximate surface area is 86.8 Å². The Morgan fingerprint density at radius 2 is 2.33 bits per heavy atom. The number of hydrogen-bond acceptors (Lipinski definition) is 2. The largest absolute Gasteiger partial charge is 0.478 e. The van der Waals surface area contributed by atoms with Gasteiger partial charge in [-0.3, -0.25) is 0 Å². The molecule has 0 radical (unpaired) electrons. The Morgan fingerprint density at radius 1 is 1.60 bits per heavy atom. The average molecular weight is 210 g/mol. The van der Waals surface area contributed by atoms with Crippen LogP contribution in [0.5, 0.6) is 0 Å². The lowest BCUT2D eigenvalue weighted by molar-refractivity contribution is -0.131. The maximum Gasteiger partial charge on any atom is 0.328 e. The van der Waals surface area contributed by atoms with E-state index >= 15 is 0 Å². The van der Waals surface area contributed by atoms with E-state index in [0.29, 0.717) is 11.1 Å². The SMILES string of the molecule is COCc1ccc(/C=C/C(=O)O)cc1F. The highest BCUT2D eigenvalue weighted by Gasteiger charge is 2.01. The van der Waals surface area contributed by atoms with Crippen LogP contribution in [0.15, 0.2) is 24.3 Å². The van der Waals surface area contributed by atoms with Crippen molar-refractivity contribution in [2.75, 3.05) is 7.11 Å². The van der Waals surface area contributed by atoms with E-state index in [4.69, 9.17) is 9.84 Å². The lowest BCUT2D eigenvalue weighted by Gasteiger charge is -2.02. The number of benzene rings is 1. The average Bonchev–Trinajstić information content (AvgIpc) is 2.19. The summed E-state index contributed by atoms with van der Waals surface area (Å²) in [5.41, 5.74) is 0.958. The molecular weight excluding hydrogens is 199 g/mol. The maximum atomic E-state index is 13.3. The molecule has 0 saturated carbocycles. The summed E-state index contributed by atoms with van der Waals surface area (Å²) in [4.78, 5) is 10.2. The number of rotatable bonds is 4. The highest BCUT2D eigenvalue weighted by atomic mass is 19.1. The third-order valence-corrected chi connectivity index (χ3v) is 1.80. The summed E-state index contributed by atoms with van der Waals surface area (Å²) in [6, 6.07) is 4.48. The minimum Gasteiger partial charge on any atom is -0.478 e. The second kappa shape index (κ2) is 5.26. The number of methoxy groups -OCH3 is 1. The van der Waals surface area contributed by atoms with Crippen LogP contribution in [0.2, 0.25) is 0 Å². The fourth-order valence-corrected chi connectivity index (χ4v) is 1.11. The van der Waals surface area contributed by atoms with Gasteiger partial charge in [0.05, 0.1) is 6.61 Å². The van der Waals surface area contributed by atoms with E-state index in [1.54, 1.807) is 12.1 Å². The molecule has 0 spiro atoms. The zero-order valence-electron chi connectivity index (χ0n) is 8.24. The third-order valence-electron chi connectivity index (χ3n) is 1.80. The van der Waals surface area contributed by atoms with Gasteiger partial charge in [0, 0.05) is 18.7 Å². The van der Waals surface area contributed by atoms with E-state index in [1.807, 2.05) is 0 Å². The lowest BCUT2D eigenvalue weighted by Crippen LogP contribution is -1.93. The molecule has 4 heteroatoms. The summed E-state index contributed by atoms with van der Waals surface area (Å²) in [6.45, 7) is 0.203. The molecule has 15 heavy (non-hydrogen) atoms. The van der Waals surface area contributed by atoms with E-state index in [1.165, 1.54) is 19.3 Å².